The number of rotatable bonds is 2. The molecule has 0 aliphatic carbocycles. The molecule has 2 N–H and O–H groups in total. The molecule has 1 aromatic carbocycles. The summed E-state index contributed by atoms with van der Waals surface area (Å²) in [6.45, 7) is 0.437. The topological polar surface area (TPSA) is 69.4 Å². The lowest BCUT2D eigenvalue weighted by Crippen LogP contribution is -2.26. The number of nitrogens with two attached hydrogens (primary N) is 1. The monoisotopic (exact) mass is 223 g/mol. The number of benzene rings is 1. The molecule has 0 radical (unpaired) electrons. The average Bonchev–Trinajstić information content (AvgIpc) is 2.61. The Morgan fingerprint density at radius 3 is 2.53 bits per heavy atom. The molecule has 1 aliphatic heterocycles. The molecule has 0 saturated carbocycles. The minimum atomic E-state index is -2.26. The van der Waals surface area contributed by atoms with Crippen LogP contribution < -0.4 is 5.73 Å². The summed E-state index contributed by atoms with van der Waals surface area (Å²) in [7, 11) is 0. The van der Waals surface area contributed by atoms with Gasteiger partial charge in [-0.3, -0.25) is 8.51 Å². The fraction of sp³-hybridized carbons (Fsp3) is 0.200. The molecule has 15 heavy (non-hydrogen) atoms. The summed E-state index contributed by atoms with van der Waals surface area (Å²) in [6, 6.07) is 9.59. The first kappa shape index (κ1) is 10.2. The van der Waals surface area contributed by atoms with Gasteiger partial charge in [0.25, 0.3) is 0 Å². The van der Waals surface area contributed by atoms with Crippen LogP contribution in [-0.2, 0) is 11.3 Å². The summed E-state index contributed by atoms with van der Waals surface area (Å²) in [5.41, 5.74) is 7.66. The van der Waals surface area contributed by atoms with Gasteiger partial charge < -0.3 is 10.3 Å². The Morgan fingerprint density at radius 2 is 2.00 bits per heavy atom. The maximum absolute atomic E-state index is 10.8. The second kappa shape index (κ2) is 4.04. The van der Waals surface area contributed by atoms with Gasteiger partial charge in [-0.15, -0.1) is 0 Å². The van der Waals surface area contributed by atoms with Gasteiger partial charge in [0.05, 0.1) is 0 Å². The molecule has 5 heteroatoms. The van der Waals surface area contributed by atoms with E-state index in [1.807, 2.05) is 30.3 Å². The third kappa shape index (κ3) is 1.88. The lowest BCUT2D eigenvalue weighted by molar-refractivity contribution is 0.454. The van der Waals surface area contributed by atoms with E-state index in [0.29, 0.717) is 18.8 Å². The zero-order valence-corrected chi connectivity index (χ0v) is 8.87. The van der Waals surface area contributed by atoms with Gasteiger partial charge in [0.1, 0.15) is 5.82 Å². The fourth-order valence-corrected chi connectivity index (χ4v) is 2.21. The smallest absolute Gasteiger partial charge is 0.114 e. The van der Waals surface area contributed by atoms with E-state index in [4.69, 9.17) is 5.73 Å². The highest BCUT2D eigenvalue weighted by atomic mass is 32.2. The Kier molecular flexibility index (Phi) is 2.75. The molecule has 1 atom stereocenters. The summed E-state index contributed by atoms with van der Waals surface area (Å²) >= 11 is -2.26. The van der Waals surface area contributed by atoms with E-state index >= 15 is 0 Å². The highest BCUT2D eigenvalue weighted by Crippen LogP contribution is 2.28. The standard InChI is InChI=1S/C10H12N2O2S/c11-10-9(6-7-12(10)15(13)14)8-4-2-1-3-5-8/h1-5H,6-7,11H2,(H,13,14)/p-1. The van der Waals surface area contributed by atoms with Gasteiger partial charge in [0.15, 0.2) is 0 Å². The Morgan fingerprint density at radius 1 is 1.33 bits per heavy atom. The Hall–Kier alpha value is -1.33. The lowest BCUT2D eigenvalue weighted by atomic mass is 10.1. The molecule has 0 fully saturated rings. The molecule has 80 valence electrons. The predicted octanol–water partition coefficient (Wildman–Crippen LogP) is 0.814. The van der Waals surface area contributed by atoms with E-state index in [-0.39, 0.29) is 0 Å². The molecular weight excluding hydrogens is 212 g/mol. The molecule has 0 bridgehead atoms. The molecule has 1 unspecified atom stereocenters. The van der Waals surface area contributed by atoms with E-state index in [1.54, 1.807) is 0 Å². The predicted molar refractivity (Wildman–Crippen MR) is 57.8 cm³/mol. The van der Waals surface area contributed by atoms with E-state index in [1.165, 1.54) is 4.31 Å². The zero-order valence-electron chi connectivity index (χ0n) is 8.05. The third-order valence-electron chi connectivity index (χ3n) is 2.44. The first-order valence-electron chi connectivity index (χ1n) is 4.61. The van der Waals surface area contributed by atoms with Crippen molar-refractivity contribution >= 4 is 16.8 Å². The SMILES string of the molecule is NC1=C(c2ccccc2)CCN1S(=O)[O-]. The summed E-state index contributed by atoms with van der Waals surface area (Å²) in [4.78, 5) is 0. The highest BCUT2D eigenvalue weighted by molar-refractivity contribution is 7.76. The molecule has 0 aromatic heterocycles. The van der Waals surface area contributed by atoms with E-state index in [9.17, 15) is 8.76 Å². The maximum Gasteiger partial charge on any atom is 0.114 e. The first-order chi connectivity index (χ1) is 7.20. The van der Waals surface area contributed by atoms with Crippen molar-refractivity contribution < 1.29 is 8.76 Å². The fourth-order valence-electron chi connectivity index (χ4n) is 1.70. The minimum absolute atomic E-state index is 0.342. The molecule has 0 amide bonds. The molecule has 1 aromatic rings. The van der Waals surface area contributed by atoms with E-state index < -0.39 is 11.3 Å². The third-order valence-corrected chi connectivity index (χ3v) is 3.18. The number of nitrogens with zero attached hydrogens (tertiary/aromatic N) is 1. The van der Waals surface area contributed by atoms with Crippen LogP contribution in [0.3, 0.4) is 0 Å². The van der Waals surface area contributed by atoms with Crippen molar-refractivity contribution in [2.45, 2.75) is 6.42 Å². The van der Waals surface area contributed by atoms with E-state index in [0.717, 1.165) is 11.1 Å². The van der Waals surface area contributed by atoms with Crippen LogP contribution in [0.2, 0.25) is 0 Å². The summed E-state index contributed by atoms with van der Waals surface area (Å²) in [5, 5.41) is 0. The zero-order chi connectivity index (χ0) is 10.8. The second-order valence-corrected chi connectivity index (χ2v) is 4.17. The van der Waals surface area contributed by atoms with Crippen molar-refractivity contribution in [3.8, 4) is 0 Å². The van der Waals surface area contributed by atoms with Crippen LogP contribution in [0, 0.1) is 0 Å². The first-order valence-corrected chi connectivity index (χ1v) is 5.64. The highest BCUT2D eigenvalue weighted by Gasteiger charge is 2.21. The van der Waals surface area contributed by atoms with Gasteiger partial charge in [-0.25, -0.2) is 0 Å². The van der Waals surface area contributed by atoms with Crippen molar-refractivity contribution in [1.82, 2.24) is 4.31 Å². The maximum atomic E-state index is 10.8. The van der Waals surface area contributed by atoms with Crippen LogP contribution in [0.15, 0.2) is 36.2 Å². The Bertz CT molecular complexity index is 417. The van der Waals surface area contributed by atoms with Gasteiger partial charge in [0, 0.05) is 23.4 Å². The van der Waals surface area contributed by atoms with Gasteiger partial charge in [-0.05, 0) is 12.0 Å². The number of hydrogen-bond acceptors (Lipinski definition) is 3. The second-order valence-electron chi connectivity index (χ2n) is 3.30. The normalized spacial score (nSPS) is 18.3. The largest absolute Gasteiger partial charge is 0.755 e. The average molecular weight is 223 g/mol. The molecule has 0 spiro atoms. The van der Waals surface area contributed by atoms with Crippen molar-refractivity contribution in [3.63, 3.8) is 0 Å². The van der Waals surface area contributed by atoms with Crippen molar-refractivity contribution in [3.05, 3.63) is 41.7 Å². The van der Waals surface area contributed by atoms with Crippen LogP contribution in [0.1, 0.15) is 12.0 Å². The molecule has 4 nitrogen and oxygen atoms in total. The van der Waals surface area contributed by atoms with Crippen molar-refractivity contribution in [2.24, 2.45) is 5.73 Å². The van der Waals surface area contributed by atoms with Crippen LogP contribution in [0.4, 0.5) is 0 Å². The molecule has 2 rings (SSSR count). The van der Waals surface area contributed by atoms with Crippen molar-refractivity contribution in [1.29, 1.82) is 0 Å². The molecule has 1 aliphatic rings. The summed E-state index contributed by atoms with van der Waals surface area (Å²) in [6.07, 6.45) is 0.670. The quantitative estimate of drug-likeness (QED) is 0.754. The van der Waals surface area contributed by atoms with Crippen LogP contribution >= 0.6 is 0 Å². The van der Waals surface area contributed by atoms with Gasteiger partial charge in [-0.2, -0.15) is 0 Å². The Labute approximate surface area is 90.8 Å². The summed E-state index contributed by atoms with van der Waals surface area (Å²) < 4.78 is 22.8. The lowest BCUT2D eigenvalue weighted by Gasteiger charge is -2.21. The van der Waals surface area contributed by atoms with Crippen LogP contribution in [-0.4, -0.2) is 19.6 Å². The number of hydrogen-bond donors (Lipinski definition) is 1. The summed E-state index contributed by atoms with van der Waals surface area (Å²) in [5.74, 6) is 0.342. The van der Waals surface area contributed by atoms with Gasteiger partial charge in [-0.1, -0.05) is 30.3 Å². The Balaban J connectivity index is 2.35. The minimum Gasteiger partial charge on any atom is -0.755 e. The molecular formula is C10H11N2O2S-. The molecule has 1 heterocycles. The van der Waals surface area contributed by atoms with Crippen molar-refractivity contribution in [2.75, 3.05) is 6.54 Å². The van der Waals surface area contributed by atoms with E-state index in [2.05, 4.69) is 0 Å². The van der Waals surface area contributed by atoms with Gasteiger partial charge >= 0.3 is 0 Å². The van der Waals surface area contributed by atoms with Crippen LogP contribution in [0.25, 0.3) is 5.57 Å². The van der Waals surface area contributed by atoms with Crippen LogP contribution in [0.5, 0.6) is 0 Å². The van der Waals surface area contributed by atoms with Gasteiger partial charge in [0.2, 0.25) is 0 Å². The molecule has 0 saturated heterocycles.